The second-order valence-electron chi connectivity index (χ2n) is 4.77. The van der Waals surface area contributed by atoms with Crippen molar-refractivity contribution in [3.63, 3.8) is 0 Å². The first kappa shape index (κ1) is 13.3. The van der Waals surface area contributed by atoms with E-state index < -0.39 is 29.9 Å². The minimum absolute atomic E-state index is 0.150. The number of carbonyl (C=O) groups is 4. The molecule has 2 fully saturated rings. The zero-order chi connectivity index (χ0) is 14.2. The van der Waals surface area contributed by atoms with Crippen LogP contribution in [-0.2, 0) is 14.4 Å². The van der Waals surface area contributed by atoms with Crippen LogP contribution in [0.2, 0.25) is 0 Å². The molecule has 0 spiro atoms. The molecule has 0 aromatic heterocycles. The second kappa shape index (κ2) is 4.87. The molecule has 2 rings (SSSR count). The van der Waals surface area contributed by atoms with Crippen molar-refractivity contribution in [2.24, 2.45) is 5.92 Å². The van der Waals surface area contributed by atoms with Crippen LogP contribution in [0.4, 0.5) is 4.79 Å². The minimum atomic E-state index is -0.928. The predicted octanol–water partition coefficient (Wildman–Crippen LogP) is -1.14. The molecule has 2 N–H and O–H groups in total. The van der Waals surface area contributed by atoms with Crippen molar-refractivity contribution in [2.75, 3.05) is 20.1 Å². The Balaban J connectivity index is 1.85. The van der Waals surface area contributed by atoms with E-state index in [-0.39, 0.29) is 31.8 Å². The maximum absolute atomic E-state index is 11.8. The van der Waals surface area contributed by atoms with E-state index in [1.165, 1.54) is 11.9 Å². The number of urea groups is 1. The second-order valence-corrected chi connectivity index (χ2v) is 4.77. The number of hydrogen-bond donors (Lipinski definition) is 2. The molecule has 2 saturated heterocycles. The molecule has 104 valence electrons. The molecule has 2 aliphatic rings. The van der Waals surface area contributed by atoms with Gasteiger partial charge in [0.2, 0.25) is 5.91 Å². The highest BCUT2D eigenvalue weighted by Gasteiger charge is 2.38. The maximum Gasteiger partial charge on any atom is 0.318 e. The lowest BCUT2D eigenvalue weighted by Gasteiger charge is -2.38. The summed E-state index contributed by atoms with van der Waals surface area (Å²) < 4.78 is 0. The van der Waals surface area contributed by atoms with Gasteiger partial charge < -0.3 is 15.3 Å². The highest BCUT2D eigenvalue weighted by molar-refractivity contribution is 6.01. The summed E-state index contributed by atoms with van der Waals surface area (Å²) in [5.41, 5.74) is 0. The molecule has 1 atom stereocenters. The Morgan fingerprint density at radius 1 is 1.32 bits per heavy atom. The highest BCUT2D eigenvalue weighted by atomic mass is 16.4. The number of nitrogens with zero attached hydrogens (tertiary/aromatic N) is 2. The van der Waals surface area contributed by atoms with E-state index in [9.17, 15) is 19.2 Å². The number of piperidine rings is 1. The van der Waals surface area contributed by atoms with Crippen LogP contribution < -0.4 is 5.32 Å². The van der Waals surface area contributed by atoms with Gasteiger partial charge in [-0.3, -0.25) is 19.3 Å². The van der Waals surface area contributed by atoms with Gasteiger partial charge in [0, 0.05) is 26.6 Å². The average Bonchev–Trinajstić information content (AvgIpc) is 2.27. The van der Waals surface area contributed by atoms with Crippen molar-refractivity contribution in [1.29, 1.82) is 0 Å². The summed E-state index contributed by atoms with van der Waals surface area (Å²) in [5.74, 6) is -2.15. The van der Waals surface area contributed by atoms with Crippen molar-refractivity contribution in [3.8, 4) is 0 Å². The molecule has 0 bridgehead atoms. The average molecular weight is 269 g/mol. The Kier molecular flexibility index (Phi) is 3.41. The molecule has 0 saturated carbocycles. The lowest BCUT2D eigenvalue weighted by Crippen LogP contribution is -2.60. The number of likely N-dealkylation sites (N-methyl/N-ethyl adjacent to an activating group) is 1. The third-order valence-corrected chi connectivity index (χ3v) is 3.47. The number of amides is 4. The van der Waals surface area contributed by atoms with E-state index in [0.717, 1.165) is 4.90 Å². The molecule has 19 heavy (non-hydrogen) atoms. The molecule has 2 aliphatic heterocycles. The Hall–Kier alpha value is -2.12. The van der Waals surface area contributed by atoms with E-state index in [4.69, 9.17) is 5.11 Å². The van der Waals surface area contributed by atoms with Crippen LogP contribution in [0.3, 0.4) is 0 Å². The molecule has 1 unspecified atom stereocenters. The standard InChI is InChI=1S/C11H15N3O5/c1-13-8(15)3-2-7(9(13)16)12-11(19)14-4-6(5-14)10(17)18/h6-7H,2-5H2,1H3,(H,12,19)(H,17,18). The van der Waals surface area contributed by atoms with Gasteiger partial charge in [0.15, 0.2) is 0 Å². The Labute approximate surface area is 109 Å². The fraction of sp³-hybridized carbons (Fsp3) is 0.636. The van der Waals surface area contributed by atoms with Crippen LogP contribution in [0.25, 0.3) is 0 Å². The van der Waals surface area contributed by atoms with Gasteiger partial charge in [-0.25, -0.2) is 4.79 Å². The van der Waals surface area contributed by atoms with Crippen molar-refractivity contribution < 1.29 is 24.3 Å². The zero-order valence-electron chi connectivity index (χ0n) is 10.5. The molecular weight excluding hydrogens is 254 g/mol. The van der Waals surface area contributed by atoms with E-state index in [1.54, 1.807) is 0 Å². The highest BCUT2D eigenvalue weighted by Crippen LogP contribution is 2.17. The number of aliphatic carboxylic acids is 1. The SMILES string of the molecule is CN1C(=O)CCC(NC(=O)N2CC(C(=O)O)C2)C1=O. The zero-order valence-corrected chi connectivity index (χ0v) is 10.5. The Bertz CT molecular complexity index is 444. The lowest BCUT2D eigenvalue weighted by molar-refractivity contribution is -0.149. The number of rotatable bonds is 2. The fourth-order valence-electron chi connectivity index (χ4n) is 2.09. The number of carboxylic acid groups (broad SMARTS) is 1. The summed E-state index contributed by atoms with van der Waals surface area (Å²) in [6, 6.07) is -1.17. The topological polar surface area (TPSA) is 107 Å². The smallest absolute Gasteiger partial charge is 0.318 e. The van der Waals surface area contributed by atoms with Gasteiger partial charge in [0.25, 0.3) is 5.91 Å². The van der Waals surface area contributed by atoms with Gasteiger partial charge in [-0.05, 0) is 6.42 Å². The lowest BCUT2D eigenvalue weighted by atomic mass is 10.0. The monoisotopic (exact) mass is 269 g/mol. The van der Waals surface area contributed by atoms with Crippen LogP contribution >= 0.6 is 0 Å². The number of hydrogen-bond acceptors (Lipinski definition) is 4. The molecule has 8 nitrogen and oxygen atoms in total. The number of likely N-dealkylation sites (tertiary alicyclic amines) is 2. The van der Waals surface area contributed by atoms with E-state index >= 15 is 0 Å². The summed E-state index contributed by atoms with van der Waals surface area (Å²) in [7, 11) is 1.38. The molecule has 0 aromatic carbocycles. The number of carboxylic acids is 1. The summed E-state index contributed by atoms with van der Waals surface area (Å²) >= 11 is 0. The third-order valence-electron chi connectivity index (χ3n) is 3.47. The first-order chi connectivity index (χ1) is 8.90. The molecule has 8 heteroatoms. The first-order valence-corrected chi connectivity index (χ1v) is 5.98. The molecular formula is C11H15N3O5. The summed E-state index contributed by atoms with van der Waals surface area (Å²) in [4.78, 5) is 47.7. The van der Waals surface area contributed by atoms with Crippen LogP contribution in [0.15, 0.2) is 0 Å². The van der Waals surface area contributed by atoms with Gasteiger partial charge in [-0.15, -0.1) is 0 Å². The van der Waals surface area contributed by atoms with Crippen molar-refractivity contribution in [3.05, 3.63) is 0 Å². The molecule has 0 aromatic rings. The van der Waals surface area contributed by atoms with Gasteiger partial charge in [0.1, 0.15) is 6.04 Å². The van der Waals surface area contributed by atoms with Gasteiger partial charge in [-0.1, -0.05) is 0 Å². The number of nitrogens with one attached hydrogen (secondary N) is 1. The summed E-state index contributed by atoms with van der Waals surface area (Å²) in [6.07, 6.45) is 0.495. The first-order valence-electron chi connectivity index (χ1n) is 5.98. The fourth-order valence-corrected chi connectivity index (χ4v) is 2.09. The molecule has 0 radical (unpaired) electrons. The van der Waals surface area contributed by atoms with E-state index in [1.807, 2.05) is 0 Å². The van der Waals surface area contributed by atoms with E-state index in [2.05, 4.69) is 5.32 Å². The minimum Gasteiger partial charge on any atom is -0.481 e. The Morgan fingerprint density at radius 2 is 1.95 bits per heavy atom. The normalized spacial score (nSPS) is 24.2. The maximum atomic E-state index is 11.8. The van der Waals surface area contributed by atoms with Crippen LogP contribution in [0, 0.1) is 5.92 Å². The van der Waals surface area contributed by atoms with Gasteiger partial charge in [0.05, 0.1) is 5.92 Å². The van der Waals surface area contributed by atoms with Crippen molar-refractivity contribution in [1.82, 2.24) is 15.1 Å². The van der Waals surface area contributed by atoms with Crippen molar-refractivity contribution in [2.45, 2.75) is 18.9 Å². The van der Waals surface area contributed by atoms with Crippen LogP contribution in [0.1, 0.15) is 12.8 Å². The Morgan fingerprint density at radius 3 is 2.53 bits per heavy atom. The summed E-state index contributed by atoms with van der Waals surface area (Å²) in [6.45, 7) is 0.299. The van der Waals surface area contributed by atoms with Crippen LogP contribution in [0.5, 0.6) is 0 Å². The van der Waals surface area contributed by atoms with Crippen LogP contribution in [-0.4, -0.2) is 64.9 Å². The van der Waals surface area contributed by atoms with Gasteiger partial charge >= 0.3 is 12.0 Å². The molecule has 4 amide bonds. The van der Waals surface area contributed by atoms with E-state index in [0.29, 0.717) is 0 Å². The molecule has 0 aliphatic carbocycles. The predicted molar refractivity (Wildman–Crippen MR) is 62.0 cm³/mol. The quantitative estimate of drug-likeness (QED) is 0.616. The van der Waals surface area contributed by atoms with Gasteiger partial charge in [-0.2, -0.15) is 0 Å². The van der Waals surface area contributed by atoms with Crippen molar-refractivity contribution >= 4 is 23.8 Å². The molecule has 2 heterocycles. The summed E-state index contributed by atoms with van der Waals surface area (Å²) in [5, 5.41) is 11.2. The largest absolute Gasteiger partial charge is 0.481 e. The number of imide groups is 1. The number of carbonyl (C=O) groups excluding carboxylic acids is 3. The third kappa shape index (κ3) is 2.51.